The molecule has 4 heteroatoms. The van der Waals surface area contributed by atoms with Crippen LogP contribution in [0, 0.1) is 11.3 Å². The maximum absolute atomic E-state index is 12.3. The Morgan fingerprint density at radius 2 is 1.89 bits per heavy atom. The summed E-state index contributed by atoms with van der Waals surface area (Å²) in [7, 11) is 0. The molecule has 2 nitrogen and oxygen atoms in total. The Balaban J connectivity index is 2.35. The van der Waals surface area contributed by atoms with Crippen LogP contribution >= 0.6 is 27.5 Å². The second-order valence-corrected chi connectivity index (χ2v) is 5.34. The molecule has 19 heavy (non-hydrogen) atoms. The highest BCUT2D eigenvalue weighted by Gasteiger charge is 2.21. The zero-order valence-electron chi connectivity index (χ0n) is 9.81. The molecule has 0 fully saturated rings. The van der Waals surface area contributed by atoms with Gasteiger partial charge in [-0.1, -0.05) is 51.8 Å². The number of hydrogen-bond acceptors (Lipinski definition) is 2. The van der Waals surface area contributed by atoms with Gasteiger partial charge in [-0.2, -0.15) is 5.26 Å². The van der Waals surface area contributed by atoms with Crippen molar-refractivity contribution < 1.29 is 4.79 Å². The van der Waals surface area contributed by atoms with Gasteiger partial charge in [0.15, 0.2) is 5.78 Å². The van der Waals surface area contributed by atoms with Crippen molar-refractivity contribution in [3.8, 4) is 6.07 Å². The molecule has 2 rings (SSSR count). The minimum atomic E-state index is -0.813. The molecule has 1 atom stereocenters. The molecule has 94 valence electrons. The fraction of sp³-hybridized carbons (Fsp3) is 0.0667. The molecular formula is C15H9BrClNO. The highest BCUT2D eigenvalue weighted by Crippen LogP contribution is 2.23. The second-order valence-electron chi connectivity index (χ2n) is 3.99. The summed E-state index contributed by atoms with van der Waals surface area (Å²) in [6.45, 7) is 0. The topological polar surface area (TPSA) is 40.9 Å². The molecule has 2 aromatic rings. The molecular weight excluding hydrogens is 326 g/mol. The monoisotopic (exact) mass is 333 g/mol. The predicted molar refractivity (Wildman–Crippen MR) is 78.3 cm³/mol. The van der Waals surface area contributed by atoms with Crippen LogP contribution in [0.4, 0.5) is 0 Å². The van der Waals surface area contributed by atoms with E-state index in [1.54, 1.807) is 36.4 Å². The summed E-state index contributed by atoms with van der Waals surface area (Å²) in [4.78, 5) is 12.3. The Morgan fingerprint density at radius 3 is 2.47 bits per heavy atom. The number of Topliss-reactive ketones (excluding diaryl/α,β-unsaturated/α-hetero) is 1. The van der Waals surface area contributed by atoms with E-state index in [4.69, 9.17) is 11.6 Å². The number of carbonyl (C=O) groups is 1. The van der Waals surface area contributed by atoms with Crippen LogP contribution in [0.1, 0.15) is 21.8 Å². The SMILES string of the molecule is N#CC(C(=O)c1cccc(Cl)c1)c1ccc(Br)cc1. The van der Waals surface area contributed by atoms with Gasteiger partial charge in [0.25, 0.3) is 0 Å². The first-order valence-electron chi connectivity index (χ1n) is 5.56. The van der Waals surface area contributed by atoms with Gasteiger partial charge in [0.1, 0.15) is 5.92 Å². The highest BCUT2D eigenvalue weighted by atomic mass is 79.9. The van der Waals surface area contributed by atoms with Crippen LogP contribution in [0.2, 0.25) is 5.02 Å². The summed E-state index contributed by atoms with van der Waals surface area (Å²) in [5.74, 6) is -1.06. The number of nitriles is 1. The molecule has 0 spiro atoms. The molecule has 0 aliphatic rings. The number of nitrogens with zero attached hydrogens (tertiary/aromatic N) is 1. The number of halogens is 2. The zero-order chi connectivity index (χ0) is 13.8. The van der Waals surface area contributed by atoms with Crippen molar-refractivity contribution in [3.05, 3.63) is 69.2 Å². The third-order valence-corrected chi connectivity index (χ3v) is 3.47. The molecule has 0 radical (unpaired) electrons. The number of rotatable bonds is 3. The lowest BCUT2D eigenvalue weighted by atomic mass is 9.92. The number of benzene rings is 2. The average Bonchev–Trinajstić information content (AvgIpc) is 2.41. The normalized spacial score (nSPS) is 11.6. The van der Waals surface area contributed by atoms with Crippen LogP contribution in [0.5, 0.6) is 0 Å². The number of ketones is 1. The highest BCUT2D eigenvalue weighted by molar-refractivity contribution is 9.10. The summed E-state index contributed by atoms with van der Waals surface area (Å²) in [6, 6.07) is 15.8. The van der Waals surface area contributed by atoms with E-state index >= 15 is 0 Å². The van der Waals surface area contributed by atoms with Gasteiger partial charge in [0, 0.05) is 15.1 Å². The van der Waals surface area contributed by atoms with Gasteiger partial charge in [-0.05, 0) is 29.8 Å². The van der Waals surface area contributed by atoms with Crippen molar-refractivity contribution >= 4 is 33.3 Å². The van der Waals surface area contributed by atoms with E-state index in [2.05, 4.69) is 15.9 Å². The Kier molecular flexibility index (Phi) is 4.36. The Morgan fingerprint density at radius 1 is 1.21 bits per heavy atom. The number of carbonyl (C=O) groups excluding carboxylic acids is 1. The maximum Gasteiger partial charge on any atom is 0.184 e. The lowest BCUT2D eigenvalue weighted by Crippen LogP contribution is -2.11. The molecule has 0 aromatic heterocycles. The van der Waals surface area contributed by atoms with Gasteiger partial charge < -0.3 is 0 Å². The van der Waals surface area contributed by atoms with Gasteiger partial charge in [0.2, 0.25) is 0 Å². The van der Waals surface area contributed by atoms with Crippen LogP contribution in [0.25, 0.3) is 0 Å². The molecule has 0 saturated heterocycles. The Hall–Kier alpha value is -1.63. The quantitative estimate of drug-likeness (QED) is 0.770. The minimum absolute atomic E-state index is 0.243. The van der Waals surface area contributed by atoms with E-state index in [1.165, 1.54) is 0 Å². The second kappa shape index (κ2) is 6.01. The maximum atomic E-state index is 12.3. The molecule has 0 bridgehead atoms. The molecule has 0 aliphatic carbocycles. The van der Waals surface area contributed by atoms with Crippen molar-refractivity contribution in [1.82, 2.24) is 0 Å². The van der Waals surface area contributed by atoms with Crippen LogP contribution < -0.4 is 0 Å². The van der Waals surface area contributed by atoms with E-state index < -0.39 is 5.92 Å². The third kappa shape index (κ3) is 3.23. The molecule has 0 amide bonds. The van der Waals surface area contributed by atoms with Crippen molar-refractivity contribution in [3.63, 3.8) is 0 Å². The van der Waals surface area contributed by atoms with E-state index in [-0.39, 0.29) is 5.78 Å². The van der Waals surface area contributed by atoms with Crippen LogP contribution in [0.3, 0.4) is 0 Å². The van der Waals surface area contributed by atoms with Crippen molar-refractivity contribution in [1.29, 1.82) is 5.26 Å². The first-order chi connectivity index (χ1) is 9.11. The largest absolute Gasteiger partial charge is 0.292 e. The fourth-order valence-corrected chi connectivity index (χ4v) is 2.20. The van der Waals surface area contributed by atoms with Gasteiger partial charge >= 0.3 is 0 Å². The van der Waals surface area contributed by atoms with Gasteiger partial charge in [-0.3, -0.25) is 4.79 Å². The van der Waals surface area contributed by atoms with E-state index in [9.17, 15) is 10.1 Å². The lowest BCUT2D eigenvalue weighted by molar-refractivity contribution is 0.0979. The van der Waals surface area contributed by atoms with Gasteiger partial charge in [0.05, 0.1) is 6.07 Å². The lowest BCUT2D eigenvalue weighted by Gasteiger charge is -2.09. The summed E-state index contributed by atoms with van der Waals surface area (Å²) in [6.07, 6.45) is 0. The Labute approximate surface area is 124 Å². The minimum Gasteiger partial charge on any atom is -0.292 e. The van der Waals surface area contributed by atoms with E-state index in [0.717, 1.165) is 4.47 Å². The van der Waals surface area contributed by atoms with Crippen LogP contribution in [-0.4, -0.2) is 5.78 Å². The predicted octanol–water partition coefficient (Wildman–Crippen LogP) is 4.59. The number of hydrogen-bond donors (Lipinski definition) is 0. The van der Waals surface area contributed by atoms with Crippen LogP contribution in [-0.2, 0) is 0 Å². The average molecular weight is 335 g/mol. The molecule has 2 aromatic carbocycles. The molecule has 0 aliphatic heterocycles. The van der Waals surface area contributed by atoms with Gasteiger partial charge in [-0.25, -0.2) is 0 Å². The summed E-state index contributed by atoms with van der Waals surface area (Å²) >= 11 is 9.18. The fourth-order valence-electron chi connectivity index (χ4n) is 1.75. The Bertz CT molecular complexity index is 646. The molecule has 0 N–H and O–H groups in total. The standard InChI is InChI=1S/C15H9BrClNO/c16-12-6-4-10(5-7-12)14(9-18)15(19)11-2-1-3-13(17)8-11/h1-8,14H. The molecule has 0 saturated carbocycles. The zero-order valence-corrected chi connectivity index (χ0v) is 12.1. The summed E-state index contributed by atoms with van der Waals surface area (Å²) in [5, 5.41) is 9.72. The summed E-state index contributed by atoms with van der Waals surface area (Å²) < 4.78 is 0.906. The van der Waals surface area contributed by atoms with E-state index in [1.807, 2.05) is 18.2 Å². The van der Waals surface area contributed by atoms with Crippen LogP contribution in [0.15, 0.2) is 53.0 Å². The smallest absolute Gasteiger partial charge is 0.184 e. The third-order valence-electron chi connectivity index (χ3n) is 2.70. The van der Waals surface area contributed by atoms with Gasteiger partial charge in [-0.15, -0.1) is 0 Å². The van der Waals surface area contributed by atoms with Crippen molar-refractivity contribution in [2.45, 2.75) is 5.92 Å². The summed E-state index contributed by atoms with van der Waals surface area (Å²) in [5.41, 5.74) is 1.12. The van der Waals surface area contributed by atoms with Crippen molar-refractivity contribution in [2.75, 3.05) is 0 Å². The first-order valence-corrected chi connectivity index (χ1v) is 6.74. The van der Waals surface area contributed by atoms with Crippen molar-refractivity contribution in [2.24, 2.45) is 0 Å². The molecule has 1 unspecified atom stereocenters. The molecule has 0 heterocycles. The first kappa shape index (κ1) is 13.8. The van der Waals surface area contributed by atoms with E-state index in [0.29, 0.717) is 16.1 Å².